The lowest BCUT2D eigenvalue weighted by Crippen LogP contribution is -2.60. The summed E-state index contributed by atoms with van der Waals surface area (Å²) >= 11 is 0. The maximum atomic E-state index is 12.8. The quantitative estimate of drug-likeness (QED) is 0.565. The number of carboxylic acids is 1. The van der Waals surface area contributed by atoms with Gasteiger partial charge in [0.25, 0.3) is 20.2 Å². The number of benzene rings is 1. The standard InChI is InChI=1S/C15H10O10S2/c16-11-7-3-1-2-4-8(7)12(17)10-9(11)5-6-15(14(18)19,27(23,24)25)13(10)26(20,21)22/h1-6,13H,(H,18,19)(H,20,21,22)(H,23,24,25). The van der Waals surface area contributed by atoms with Gasteiger partial charge in [0.15, 0.2) is 16.8 Å². The summed E-state index contributed by atoms with van der Waals surface area (Å²) in [4.78, 5) is 37.1. The van der Waals surface area contributed by atoms with Crippen molar-refractivity contribution >= 4 is 37.8 Å². The van der Waals surface area contributed by atoms with E-state index in [1.807, 2.05) is 0 Å². The van der Waals surface area contributed by atoms with Gasteiger partial charge in [-0.15, -0.1) is 0 Å². The van der Waals surface area contributed by atoms with Gasteiger partial charge in [-0.25, -0.2) is 0 Å². The Labute approximate surface area is 152 Å². The van der Waals surface area contributed by atoms with Crippen LogP contribution in [0.1, 0.15) is 20.7 Å². The van der Waals surface area contributed by atoms with Gasteiger partial charge in [-0.3, -0.25) is 23.5 Å². The third-order valence-electron chi connectivity index (χ3n) is 4.40. The third-order valence-corrected chi connectivity index (χ3v) is 7.16. The monoisotopic (exact) mass is 414 g/mol. The van der Waals surface area contributed by atoms with Crippen LogP contribution in [0, 0.1) is 0 Å². The van der Waals surface area contributed by atoms with Crippen molar-refractivity contribution in [3.8, 4) is 0 Å². The number of fused-ring (bicyclic) bond motifs is 1. The minimum atomic E-state index is -5.71. The van der Waals surface area contributed by atoms with Crippen LogP contribution < -0.4 is 0 Å². The van der Waals surface area contributed by atoms with E-state index in [9.17, 15) is 45.4 Å². The zero-order chi connectivity index (χ0) is 20.4. The first-order valence-corrected chi connectivity index (χ1v) is 10.1. The van der Waals surface area contributed by atoms with Gasteiger partial charge < -0.3 is 5.11 Å². The maximum Gasteiger partial charge on any atom is 0.333 e. The van der Waals surface area contributed by atoms with Crippen LogP contribution in [0.4, 0.5) is 0 Å². The largest absolute Gasteiger partial charge is 0.480 e. The molecule has 142 valence electrons. The summed E-state index contributed by atoms with van der Waals surface area (Å²) in [5, 5.41) is 6.47. The first-order valence-electron chi connectivity index (χ1n) is 7.12. The van der Waals surface area contributed by atoms with Crippen LogP contribution in [-0.2, 0) is 25.0 Å². The Bertz CT molecular complexity index is 1190. The van der Waals surface area contributed by atoms with Crippen LogP contribution in [0.25, 0.3) is 0 Å². The predicted molar refractivity (Wildman–Crippen MR) is 88.5 cm³/mol. The van der Waals surface area contributed by atoms with Gasteiger partial charge >= 0.3 is 5.97 Å². The minimum Gasteiger partial charge on any atom is -0.480 e. The molecule has 0 amide bonds. The molecule has 0 aromatic heterocycles. The summed E-state index contributed by atoms with van der Waals surface area (Å²) in [6.07, 6.45) is 0.913. The van der Waals surface area contributed by atoms with Crippen LogP contribution >= 0.6 is 0 Å². The fraction of sp³-hybridized carbons (Fsp3) is 0.133. The van der Waals surface area contributed by atoms with Crippen molar-refractivity contribution in [3.63, 3.8) is 0 Å². The third kappa shape index (κ3) is 2.49. The molecule has 0 saturated heterocycles. The maximum absolute atomic E-state index is 12.8. The van der Waals surface area contributed by atoms with E-state index >= 15 is 0 Å². The van der Waals surface area contributed by atoms with E-state index in [0.29, 0.717) is 6.08 Å². The Balaban J connectivity index is 2.45. The second kappa shape index (κ2) is 5.66. The number of ketones is 2. The molecule has 0 heterocycles. The molecule has 12 heteroatoms. The fourth-order valence-electron chi connectivity index (χ4n) is 3.23. The number of Topliss-reactive ketones (excluding diaryl/α,β-unsaturated/α-hetero) is 2. The second-order valence-electron chi connectivity index (χ2n) is 5.83. The van der Waals surface area contributed by atoms with Crippen LogP contribution in [0.3, 0.4) is 0 Å². The number of hydrogen-bond acceptors (Lipinski definition) is 7. The van der Waals surface area contributed by atoms with Crippen molar-refractivity contribution in [2.75, 3.05) is 0 Å². The van der Waals surface area contributed by atoms with Crippen molar-refractivity contribution in [2.24, 2.45) is 0 Å². The Hall–Kier alpha value is -2.67. The van der Waals surface area contributed by atoms with E-state index in [-0.39, 0.29) is 17.2 Å². The molecule has 2 unspecified atom stereocenters. The van der Waals surface area contributed by atoms with Crippen LogP contribution in [0.2, 0.25) is 0 Å². The Morgan fingerprint density at radius 3 is 1.93 bits per heavy atom. The molecule has 10 nitrogen and oxygen atoms in total. The van der Waals surface area contributed by atoms with E-state index in [1.165, 1.54) is 18.2 Å². The first-order chi connectivity index (χ1) is 12.3. The molecule has 1 aromatic rings. The topological polar surface area (TPSA) is 180 Å². The van der Waals surface area contributed by atoms with Gasteiger partial charge in [0.1, 0.15) is 0 Å². The molecular formula is C15H10O10S2. The Morgan fingerprint density at radius 1 is 0.963 bits per heavy atom. The number of carboxylic acid groups (broad SMARTS) is 1. The minimum absolute atomic E-state index is 0.102. The van der Waals surface area contributed by atoms with Gasteiger partial charge in [0, 0.05) is 22.3 Å². The van der Waals surface area contributed by atoms with Gasteiger partial charge in [-0.2, -0.15) is 16.8 Å². The highest BCUT2D eigenvalue weighted by atomic mass is 32.2. The molecule has 2 atom stereocenters. The van der Waals surface area contributed by atoms with Crippen molar-refractivity contribution < 1.29 is 45.4 Å². The summed E-state index contributed by atoms with van der Waals surface area (Å²) < 4.78 is 63.1. The number of rotatable bonds is 3. The van der Waals surface area contributed by atoms with Gasteiger partial charge in [-0.1, -0.05) is 30.3 Å². The highest BCUT2D eigenvalue weighted by molar-refractivity contribution is 7.92. The second-order valence-corrected chi connectivity index (χ2v) is 8.96. The molecule has 0 aliphatic heterocycles. The zero-order valence-corrected chi connectivity index (χ0v) is 14.7. The summed E-state index contributed by atoms with van der Waals surface area (Å²) in [6, 6.07) is 5.22. The summed E-state index contributed by atoms with van der Waals surface area (Å²) in [5.74, 6) is -4.37. The number of aliphatic carboxylic acids is 1. The summed E-state index contributed by atoms with van der Waals surface area (Å²) in [6.45, 7) is 0. The molecule has 0 bridgehead atoms. The lowest BCUT2D eigenvalue weighted by molar-refractivity contribution is -0.138. The van der Waals surface area contributed by atoms with E-state index < -0.39 is 58.9 Å². The summed E-state index contributed by atoms with van der Waals surface area (Å²) in [7, 11) is -11.3. The van der Waals surface area contributed by atoms with E-state index in [1.54, 1.807) is 0 Å². The van der Waals surface area contributed by atoms with Crippen molar-refractivity contribution in [2.45, 2.75) is 10.00 Å². The molecular weight excluding hydrogens is 404 g/mol. The number of carbonyl (C=O) groups is 3. The SMILES string of the molecule is O=C1C2=C(C(=O)c3ccccc31)C(S(=O)(=O)O)C(C(=O)O)(S(=O)(=O)O)C=C2. The molecule has 0 saturated carbocycles. The van der Waals surface area contributed by atoms with E-state index in [0.717, 1.165) is 6.07 Å². The van der Waals surface area contributed by atoms with Gasteiger partial charge in [0.05, 0.1) is 0 Å². The van der Waals surface area contributed by atoms with Crippen molar-refractivity contribution in [1.82, 2.24) is 0 Å². The average Bonchev–Trinajstić information content (AvgIpc) is 2.56. The van der Waals surface area contributed by atoms with Crippen LogP contribution in [0.5, 0.6) is 0 Å². The molecule has 0 spiro atoms. The van der Waals surface area contributed by atoms with Crippen molar-refractivity contribution in [1.29, 1.82) is 0 Å². The highest BCUT2D eigenvalue weighted by Crippen LogP contribution is 2.42. The Kier molecular flexibility index (Phi) is 4.01. The molecule has 0 radical (unpaired) electrons. The lowest BCUT2D eigenvalue weighted by atomic mass is 9.76. The normalized spacial score (nSPS) is 25.2. The molecule has 2 aliphatic carbocycles. The predicted octanol–water partition coefficient (Wildman–Crippen LogP) is -0.100. The lowest BCUT2D eigenvalue weighted by Gasteiger charge is -2.35. The Morgan fingerprint density at radius 2 is 1.48 bits per heavy atom. The van der Waals surface area contributed by atoms with E-state index in [4.69, 9.17) is 0 Å². The van der Waals surface area contributed by atoms with Gasteiger partial charge in [-0.05, 0) is 6.08 Å². The van der Waals surface area contributed by atoms with Gasteiger partial charge in [0.2, 0.25) is 4.75 Å². The molecule has 1 aromatic carbocycles. The molecule has 3 N–H and O–H groups in total. The van der Waals surface area contributed by atoms with Crippen LogP contribution in [-0.4, -0.2) is 58.6 Å². The zero-order valence-electron chi connectivity index (χ0n) is 13.1. The number of carbonyl (C=O) groups excluding carboxylic acids is 2. The van der Waals surface area contributed by atoms with Crippen molar-refractivity contribution in [3.05, 3.63) is 58.7 Å². The first kappa shape index (κ1) is 19.1. The fourth-order valence-corrected chi connectivity index (χ4v) is 5.97. The highest BCUT2D eigenvalue weighted by Gasteiger charge is 2.64. The van der Waals surface area contributed by atoms with E-state index in [2.05, 4.69) is 0 Å². The van der Waals surface area contributed by atoms with Crippen LogP contribution in [0.15, 0.2) is 47.6 Å². The number of allylic oxidation sites excluding steroid dienone is 2. The number of hydrogen-bond donors (Lipinski definition) is 3. The molecule has 2 aliphatic rings. The molecule has 3 rings (SSSR count). The smallest absolute Gasteiger partial charge is 0.333 e. The molecule has 0 fully saturated rings. The molecule has 27 heavy (non-hydrogen) atoms. The average molecular weight is 414 g/mol. The summed E-state index contributed by atoms with van der Waals surface area (Å²) in [5.41, 5.74) is -2.01.